The van der Waals surface area contributed by atoms with E-state index in [1.54, 1.807) is 0 Å². The summed E-state index contributed by atoms with van der Waals surface area (Å²) in [6, 6.07) is -3.90. The molecule has 3 amide bonds. The summed E-state index contributed by atoms with van der Waals surface area (Å²) in [5, 5.41) is 33.4. The molecule has 0 radical (unpaired) electrons. The average Bonchev–Trinajstić information content (AvgIpc) is 2.53. The van der Waals surface area contributed by atoms with Crippen molar-refractivity contribution in [2.24, 2.45) is 5.73 Å². The molecule has 0 heterocycles. The van der Waals surface area contributed by atoms with Crippen LogP contribution in [0.5, 0.6) is 0 Å². The average molecular weight is 366 g/mol. The van der Waals surface area contributed by atoms with E-state index < -0.39 is 61.1 Å². The van der Waals surface area contributed by atoms with Crippen molar-refractivity contribution in [1.82, 2.24) is 16.0 Å². The van der Waals surface area contributed by atoms with Crippen molar-refractivity contribution in [3.05, 3.63) is 0 Å². The van der Waals surface area contributed by atoms with Crippen molar-refractivity contribution in [3.8, 4) is 0 Å². The van der Waals surface area contributed by atoms with Gasteiger partial charge in [-0.2, -0.15) is 12.6 Å². The maximum atomic E-state index is 11.8. The third-order valence-electron chi connectivity index (χ3n) is 2.88. The first-order valence-corrected chi connectivity index (χ1v) is 7.52. The molecule has 0 spiro atoms. The van der Waals surface area contributed by atoms with Gasteiger partial charge in [0.15, 0.2) is 0 Å². The lowest BCUT2D eigenvalue weighted by molar-refractivity contribution is -0.141. The fraction of sp³-hybridized carbons (Fsp3) is 0.667. The highest BCUT2D eigenvalue weighted by Crippen LogP contribution is 1.92. The lowest BCUT2D eigenvalue weighted by Crippen LogP contribution is -2.55. The number of hydrogen-bond acceptors (Lipinski definition) is 8. The number of amides is 3. The van der Waals surface area contributed by atoms with Crippen molar-refractivity contribution < 1.29 is 34.5 Å². The molecule has 24 heavy (non-hydrogen) atoms. The first kappa shape index (κ1) is 22.1. The van der Waals surface area contributed by atoms with Crippen LogP contribution in [0.25, 0.3) is 0 Å². The zero-order valence-electron chi connectivity index (χ0n) is 12.9. The summed E-state index contributed by atoms with van der Waals surface area (Å²) in [5.74, 6) is -4.00. The van der Waals surface area contributed by atoms with Crippen LogP contribution >= 0.6 is 12.6 Å². The predicted octanol–water partition coefficient (Wildman–Crippen LogP) is -4.21. The van der Waals surface area contributed by atoms with Gasteiger partial charge in [-0.15, -0.1) is 0 Å². The Labute approximate surface area is 143 Å². The minimum atomic E-state index is -1.40. The Morgan fingerprint density at radius 1 is 1.12 bits per heavy atom. The number of thiol groups is 1. The maximum Gasteiger partial charge on any atom is 0.327 e. The third-order valence-corrected chi connectivity index (χ3v) is 3.24. The van der Waals surface area contributed by atoms with Crippen LogP contribution in [0.3, 0.4) is 0 Å². The van der Waals surface area contributed by atoms with Gasteiger partial charge in [0.2, 0.25) is 17.7 Å². The van der Waals surface area contributed by atoms with Crippen molar-refractivity contribution >= 4 is 36.3 Å². The summed E-state index contributed by atoms with van der Waals surface area (Å²) < 4.78 is 0. The lowest BCUT2D eigenvalue weighted by Gasteiger charge is -2.19. The molecule has 138 valence electrons. The van der Waals surface area contributed by atoms with E-state index in [1.165, 1.54) is 6.92 Å². The fourth-order valence-electron chi connectivity index (χ4n) is 1.40. The molecule has 0 bridgehead atoms. The van der Waals surface area contributed by atoms with Gasteiger partial charge in [-0.05, 0) is 6.92 Å². The molecule has 0 aromatic rings. The number of hydrogen-bond donors (Lipinski definition) is 8. The van der Waals surface area contributed by atoms with Gasteiger partial charge in [0.25, 0.3) is 0 Å². The first-order chi connectivity index (χ1) is 11.1. The van der Waals surface area contributed by atoms with E-state index >= 15 is 0 Å². The van der Waals surface area contributed by atoms with E-state index in [0.29, 0.717) is 0 Å². The molecular weight excluding hydrogens is 344 g/mol. The summed E-state index contributed by atoms with van der Waals surface area (Å²) in [6.45, 7) is -0.0215. The number of carbonyl (C=O) groups is 4. The summed E-state index contributed by atoms with van der Waals surface area (Å²) in [4.78, 5) is 45.7. The summed E-state index contributed by atoms with van der Waals surface area (Å²) in [7, 11) is 0. The Balaban J connectivity index is 4.50. The van der Waals surface area contributed by atoms with E-state index in [0.717, 1.165) is 0 Å². The van der Waals surface area contributed by atoms with Crippen LogP contribution < -0.4 is 21.7 Å². The smallest absolute Gasteiger partial charge is 0.327 e. The second kappa shape index (κ2) is 10.8. The van der Waals surface area contributed by atoms with Crippen LogP contribution in [-0.4, -0.2) is 82.1 Å². The molecule has 0 rings (SSSR count). The topological polar surface area (TPSA) is 191 Å². The molecule has 0 saturated heterocycles. The number of aliphatic carboxylic acids is 1. The Hall–Kier alpha value is -1.89. The number of carboxylic acids is 1. The van der Waals surface area contributed by atoms with E-state index in [4.69, 9.17) is 21.1 Å². The lowest BCUT2D eigenvalue weighted by atomic mass is 10.2. The summed E-state index contributed by atoms with van der Waals surface area (Å²) in [5.41, 5.74) is 5.36. The van der Waals surface area contributed by atoms with Gasteiger partial charge < -0.3 is 37.0 Å². The Bertz CT molecular complexity index is 474. The summed E-state index contributed by atoms with van der Waals surface area (Å²) >= 11 is 3.76. The van der Waals surface area contributed by atoms with Gasteiger partial charge in [0, 0.05) is 5.75 Å². The SMILES string of the molecule is C[C@@H](O)[C@H](N)C(=O)NCC(=O)N[C@@H](CO)C(=O)N[C@@H](CS)C(=O)O. The van der Waals surface area contributed by atoms with Gasteiger partial charge in [0.1, 0.15) is 18.1 Å². The molecule has 0 aliphatic heterocycles. The molecule has 0 fully saturated rings. The minimum Gasteiger partial charge on any atom is -0.480 e. The van der Waals surface area contributed by atoms with Crippen molar-refractivity contribution in [2.75, 3.05) is 18.9 Å². The molecule has 0 aromatic carbocycles. The molecule has 12 heteroatoms. The van der Waals surface area contributed by atoms with Crippen molar-refractivity contribution in [1.29, 1.82) is 0 Å². The fourth-order valence-corrected chi connectivity index (χ4v) is 1.65. The molecule has 0 unspecified atom stereocenters. The zero-order valence-corrected chi connectivity index (χ0v) is 13.8. The van der Waals surface area contributed by atoms with Gasteiger partial charge in [0.05, 0.1) is 19.3 Å². The Morgan fingerprint density at radius 2 is 1.71 bits per heavy atom. The van der Waals surface area contributed by atoms with E-state index in [1.807, 2.05) is 0 Å². The number of rotatable bonds is 10. The molecule has 0 aliphatic rings. The second-order valence-electron chi connectivity index (χ2n) is 4.87. The van der Waals surface area contributed by atoms with E-state index in [-0.39, 0.29) is 5.75 Å². The third kappa shape index (κ3) is 7.59. The molecule has 0 saturated carbocycles. The quantitative estimate of drug-likeness (QED) is 0.178. The van der Waals surface area contributed by atoms with E-state index in [2.05, 4.69) is 28.6 Å². The molecule has 11 nitrogen and oxygen atoms in total. The van der Waals surface area contributed by atoms with Gasteiger partial charge in [-0.1, -0.05) is 0 Å². The second-order valence-corrected chi connectivity index (χ2v) is 5.23. The Morgan fingerprint density at radius 3 is 2.12 bits per heavy atom. The number of aliphatic hydroxyl groups excluding tert-OH is 2. The van der Waals surface area contributed by atoms with E-state index in [9.17, 15) is 19.2 Å². The highest BCUT2D eigenvalue weighted by molar-refractivity contribution is 7.80. The van der Waals surface area contributed by atoms with Gasteiger partial charge >= 0.3 is 5.97 Å². The van der Waals surface area contributed by atoms with Crippen LogP contribution in [0.4, 0.5) is 0 Å². The van der Waals surface area contributed by atoms with Gasteiger partial charge in [-0.3, -0.25) is 14.4 Å². The van der Waals surface area contributed by atoms with Crippen LogP contribution in [0.1, 0.15) is 6.92 Å². The monoisotopic (exact) mass is 366 g/mol. The molecule has 0 aliphatic carbocycles. The van der Waals surface area contributed by atoms with Crippen molar-refractivity contribution in [3.63, 3.8) is 0 Å². The molecule has 0 aromatic heterocycles. The minimum absolute atomic E-state index is 0.180. The number of nitrogens with two attached hydrogens (primary N) is 1. The zero-order chi connectivity index (χ0) is 18.9. The Kier molecular flexibility index (Phi) is 9.95. The normalized spacial score (nSPS) is 15.5. The van der Waals surface area contributed by atoms with Crippen LogP contribution in [-0.2, 0) is 19.2 Å². The molecule has 4 atom stereocenters. The summed E-state index contributed by atoms with van der Waals surface area (Å²) in [6.07, 6.45) is -1.11. The van der Waals surface area contributed by atoms with Crippen molar-refractivity contribution in [2.45, 2.75) is 31.2 Å². The van der Waals surface area contributed by atoms with Gasteiger partial charge in [-0.25, -0.2) is 4.79 Å². The largest absolute Gasteiger partial charge is 0.480 e. The first-order valence-electron chi connectivity index (χ1n) is 6.89. The number of aliphatic hydroxyl groups is 2. The maximum absolute atomic E-state index is 11.8. The number of carbonyl (C=O) groups excluding carboxylic acids is 3. The highest BCUT2D eigenvalue weighted by atomic mass is 32.1. The predicted molar refractivity (Wildman–Crippen MR) is 85.1 cm³/mol. The number of nitrogens with one attached hydrogen (secondary N) is 3. The van der Waals surface area contributed by atoms with Crippen LogP contribution in [0, 0.1) is 0 Å². The highest BCUT2D eigenvalue weighted by Gasteiger charge is 2.26. The van der Waals surface area contributed by atoms with Crippen LogP contribution in [0.15, 0.2) is 0 Å². The number of carboxylic acid groups (broad SMARTS) is 1. The molecular formula is C12H22N4O7S. The molecule has 8 N–H and O–H groups in total. The van der Waals surface area contributed by atoms with Crippen LogP contribution in [0.2, 0.25) is 0 Å². The standard InChI is InChI=1S/C12H22N4O7S/c1-5(18)9(13)11(21)14-2-8(19)15-6(3-17)10(20)16-7(4-24)12(22)23/h5-7,9,17-18,24H,2-4,13H2,1H3,(H,14,21)(H,15,19)(H,16,20)(H,22,23)/t5-,6+,7+,9+/m1/s1.